The van der Waals surface area contributed by atoms with Crippen molar-refractivity contribution in [1.29, 1.82) is 0 Å². The lowest BCUT2D eigenvalue weighted by Gasteiger charge is -2.31. The molecule has 1 aliphatic rings. The van der Waals surface area contributed by atoms with Crippen LogP contribution in [0.1, 0.15) is 18.4 Å². The van der Waals surface area contributed by atoms with Gasteiger partial charge in [0.05, 0.1) is 12.1 Å². The van der Waals surface area contributed by atoms with Crippen molar-refractivity contribution in [3.63, 3.8) is 0 Å². The molecule has 1 aliphatic heterocycles. The second kappa shape index (κ2) is 12.1. The first kappa shape index (κ1) is 26.7. The minimum atomic E-state index is -0.733. The number of nitrogens with one attached hydrogen (secondary N) is 1. The number of halogens is 3. The van der Waals surface area contributed by atoms with Crippen LogP contribution in [0.15, 0.2) is 48.7 Å². The summed E-state index contributed by atoms with van der Waals surface area (Å²) in [4.78, 5) is 21.5. The second-order valence-electron chi connectivity index (χ2n) is 7.73. The molecule has 0 amide bonds. The molecule has 2 N–H and O–H groups in total. The van der Waals surface area contributed by atoms with Crippen LogP contribution in [-0.4, -0.2) is 39.8 Å². The molecule has 0 atom stereocenters. The van der Waals surface area contributed by atoms with Crippen molar-refractivity contribution in [1.82, 2.24) is 9.88 Å². The van der Waals surface area contributed by atoms with E-state index in [9.17, 15) is 15.2 Å². The summed E-state index contributed by atoms with van der Waals surface area (Å²) in [5, 5.41) is 25.0. The second-order valence-corrected chi connectivity index (χ2v) is 8.16. The molecule has 0 spiro atoms. The van der Waals surface area contributed by atoms with Crippen LogP contribution in [0.4, 0.5) is 11.4 Å². The van der Waals surface area contributed by atoms with Crippen molar-refractivity contribution in [3.05, 3.63) is 69.4 Å². The van der Waals surface area contributed by atoms with E-state index < -0.39 is 5.09 Å². The van der Waals surface area contributed by atoms with Gasteiger partial charge in [-0.1, -0.05) is 11.6 Å². The number of aromatic hydroxyl groups is 1. The highest BCUT2D eigenvalue weighted by Gasteiger charge is 2.21. The van der Waals surface area contributed by atoms with Gasteiger partial charge in [-0.25, -0.2) is 0 Å². The van der Waals surface area contributed by atoms with Gasteiger partial charge in [0.1, 0.15) is 5.75 Å². The molecule has 4 rings (SSSR count). The number of nitrogens with zero attached hydrogens (tertiary/aromatic N) is 3. The van der Waals surface area contributed by atoms with E-state index in [2.05, 4.69) is 20.0 Å². The van der Waals surface area contributed by atoms with Crippen LogP contribution in [0.2, 0.25) is 5.02 Å². The Labute approximate surface area is 208 Å². The molecule has 0 saturated carbocycles. The number of fused-ring (bicyclic) bond motifs is 1. The smallest absolute Gasteiger partial charge is 0.294 e. The molecule has 0 bridgehead atoms. The van der Waals surface area contributed by atoms with Gasteiger partial charge in [0.2, 0.25) is 0 Å². The Morgan fingerprint density at radius 1 is 1.18 bits per heavy atom. The molecular weight excluding hydrogens is 491 g/mol. The van der Waals surface area contributed by atoms with E-state index in [4.69, 9.17) is 11.6 Å². The highest BCUT2D eigenvalue weighted by molar-refractivity contribution is 6.31. The number of hydrogen-bond acceptors (Lipinski definition) is 7. The minimum absolute atomic E-state index is 0. The van der Waals surface area contributed by atoms with E-state index in [0.29, 0.717) is 11.6 Å². The molecule has 0 unspecified atom stereocenters. The summed E-state index contributed by atoms with van der Waals surface area (Å²) in [5.74, 6) is 0.437. The van der Waals surface area contributed by atoms with Crippen LogP contribution in [0, 0.1) is 16.0 Å². The quantitative estimate of drug-likeness (QED) is 0.240. The monoisotopic (exact) mass is 514 g/mol. The minimum Gasteiger partial charge on any atom is -0.508 e. The van der Waals surface area contributed by atoms with Gasteiger partial charge >= 0.3 is 0 Å². The van der Waals surface area contributed by atoms with Gasteiger partial charge in [-0.2, -0.15) is 0 Å². The average Bonchev–Trinajstić information content (AvgIpc) is 2.75. The van der Waals surface area contributed by atoms with Crippen LogP contribution in [0.3, 0.4) is 0 Å². The maximum Gasteiger partial charge on any atom is 0.294 e. The van der Waals surface area contributed by atoms with E-state index in [1.807, 2.05) is 36.4 Å². The Morgan fingerprint density at radius 2 is 1.94 bits per heavy atom. The molecular formula is C22H25Cl3N4O4. The number of hydrogen-bond donors (Lipinski definition) is 2. The Morgan fingerprint density at radius 3 is 2.67 bits per heavy atom. The molecule has 178 valence electrons. The number of phenols is 1. The maximum atomic E-state index is 10.4. The zero-order valence-electron chi connectivity index (χ0n) is 17.6. The average molecular weight is 516 g/mol. The molecule has 1 aromatic heterocycles. The van der Waals surface area contributed by atoms with Crippen molar-refractivity contribution in [3.8, 4) is 5.75 Å². The summed E-state index contributed by atoms with van der Waals surface area (Å²) in [6.45, 7) is 2.37. The van der Waals surface area contributed by atoms with Crippen molar-refractivity contribution >= 4 is 58.7 Å². The van der Waals surface area contributed by atoms with Crippen molar-refractivity contribution in [2.75, 3.05) is 25.0 Å². The fourth-order valence-electron chi connectivity index (χ4n) is 3.89. The van der Waals surface area contributed by atoms with Crippen LogP contribution in [-0.2, 0) is 11.4 Å². The topological polar surface area (TPSA) is 101 Å². The lowest BCUT2D eigenvalue weighted by Crippen LogP contribution is -2.35. The molecule has 2 heterocycles. The standard InChI is InChI=1S/C22H23ClN4O4.2ClH/c23-17-1-3-19-20(5-8-24-21(19)12-17)25-18-2-4-22(28)16(11-18)13-26-9-6-15(7-10-26)14-31-27(29)30;;/h1-5,8,11-12,15,28H,6-7,9-10,13-14H2,(H,24,25);2*1H. The zero-order valence-corrected chi connectivity index (χ0v) is 20.0. The van der Waals surface area contributed by atoms with E-state index >= 15 is 0 Å². The van der Waals surface area contributed by atoms with Crippen LogP contribution >= 0.6 is 36.4 Å². The van der Waals surface area contributed by atoms with E-state index in [0.717, 1.165) is 53.8 Å². The number of aromatic nitrogens is 1. The fourth-order valence-corrected chi connectivity index (χ4v) is 4.06. The molecule has 1 fully saturated rings. The maximum absolute atomic E-state index is 10.4. The van der Waals surface area contributed by atoms with Crippen LogP contribution in [0.5, 0.6) is 5.75 Å². The summed E-state index contributed by atoms with van der Waals surface area (Å²) in [6, 6.07) is 13.0. The van der Waals surface area contributed by atoms with Gasteiger partial charge in [0.25, 0.3) is 5.09 Å². The van der Waals surface area contributed by atoms with Gasteiger partial charge in [0, 0.05) is 40.1 Å². The Bertz CT molecular complexity index is 1090. The van der Waals surface area contributed by atoms with Crippen molar-refractivity contribution in [2.24, 2.45) is 5.92 Å². The Hall–Kier alpha value is -2.52. The summed E-state index contributed by atoms with van der Waals surface area (Å²) in [7, 11) is 0. The van der Waals surface area contributed by atoms with E-state index in [1.165, 1.54) is 0 Å². The molecule has 33 heavy (non-hydrogen) atoms. The Balaban J connectivity index is 0.00000193. The number of piperidine rings is 1. The lowest BCUT2D eigenvalue weighted by atomic mass is 9.97. The summed E-state index contributed by atoms with van der Waals surface area (Å²) >= 11 is 6.07. The van der Waals surface area contributed by atoms with E-state index in [-0.39, 0.29) is 43.1 Å². The van der Waals surface area contributed by atoms with Crippen molar-refractivity contribution in [2.45, 2.75) is 19.4 Å². The fraction of sp³-hybridized carbons (Fsp3) is 0.318. The Kier molecular flexibility index (Phi) is 9.79. The van der Waals surface area contributed by atoms with Gasteiger partial charge in [-0.3, -0.25) is 9.88 Å². The molecule has 2 aromatic carbocycles. The van der Waals surface area contributed by atoms with E-state index in [1.54, 1.807) is 12.3 Å². The van der Waals surface area contributed by atoms with Gasteiger partial charge in [0.15, 0.2) is 0 Å². The largest absolute Gasteiger partial charge is 0.508 e. The van der Waals surface area contributed by atoms with Gasteiger partial charge in [-0.05, 0) is 74.3 Å². The third kappa shape index (κ3) is 6.98. The third-order valence-corrected chi connectivity index (χ3v) is 5.82. The first-order valence-electron chi connectivity index (χ1n) is 10.1. The van der Waals surface area contributed by atoms with Crippen molar-refractivity contribution < 1.29 is 15.0 Å². The lowest BCUT2D eigenvalue weighted by molar-refractivity contribution is -0.759. The SMILES string of the molecule is Cl.Cl.O=[N+]([O-])OCC1CCN(Cc2cc(Nc3ccnc4cc(Cl)ccc34)ccc2O)CC1. The molecule has 11 heteroatoms. The molecule has 8 nitrogen and oxygen atoms in total. The number of rotatable bonds is 7. The first-order valence-corrected chi connectivity index (χ1v) is 10.5. The number of pyridine rings is 1. The number of anilines is 2. The molecule has 0 aliphatic carbocycles. The molecule has 0 radical (unpaired) electrons. The first-order chi connectivity index (χ1) is 15.0. The zero-order chi connectivity index (χ0) is 21.8. The summed E-state index contributed by atoms with van der Waals surface area (Å²) in [6.07, 6.45) is 3.39. The normalized spacial score (nSPS) is 14.2. The summed E-state index contributed by atoms with van der Waals surface area (Å²) in [5.41, 5.74) is 3.40. The number of phenolic OH excluding ortho intramolecular Hbond substituents is 1. The third-order valence-electron chi connectivity index (χ3n) is 5.58. The van der Waals surface area contributed by atoms with Crippen LogP contribution in [0.25, 0.3) is 10.9 Å². The van der Waals surface area contributed by atoms with Gasteiger partial charge < -0.3 is 15.3 Å². The highest BCUT2D eigenvalue weighted by atomic mass is 35.5. The summed E-state index contributed by atoms with van der Waals surface area (Å²) < 4.78 is 0. The predicted molar refractivity (Wildman–Crippen MR) is 134 cm³/mol. The van der Waals surface area contributed by atoms with Crippen LogP contribution < -0.4 is 5.32 Å². The molecule has 3 aromatic rings. The predicted octanol–water partition coefficient (Wildman–Crippen LogP) is 5.60. The number of benzene rings is 2. The molecule has 1 saturated heterocycles. The number of likely N-dealkylation sites (tertiary alicyclic amines) is 1. The van der Waals surface area contributed by atoms with Gasteiger partial charge in [-0.15, -0.1) is 34.9 Å². The highest BCUT2D eigenvalue weighted by Crippen LogP contribution is 2.30.